The van der Waals surface area contributed by atoms with Crippen molar-refractivity contribution in [2.45, 2.75) is 32.3 Å². The Morgan fingerprint density at radius 2 is 1.83 bits per heavy atom. The molecule has 3 unspecified atom stereocenters. The molecular formula is C17H20O. The Morgan fingerprint density at radius 3 is 2.61 bits per heavy atom. The number of hydrogen-bond acceptors (Lipinski definition) is 1. The van der Waals surface area contributed by atoms with Crippen LogP contribution in [-0.2, 0) is 0 Å². The van der Waals surface area contributed by atoms with Gasteiger partial charge in [-0.25, -0.2) is 0 Å². The number of benzene rings is 2. The van der Waals surface area contributed by atoms with Crippen molar-refractivity contribution in [3.8, 4) is 0 Å². The van der Waals surface area contributed by atoms with E-state index in [-0.39, 0.29) is 6.10 Å². The largest absolute Gasteiger partial charge is 0.388 e. The summed E-state index contributed by atoms with van der Waals surface area (Å²) in [5.74, 6) is 1.20. The van der Waals surface area contributed by atoms with E-state index >= 15 is 0 Å². The molecule has 1 fully saturated rings. The van der Waals surface area contributed by atoms with Crippen LogP contribution in [0.3, 0.4) is 0 Å². The monoisotopic (exact) mass is 240 g/mol. The maximum Gasteiger partial charge on any atom is 0.0824 e. The highest BCUT2D eigenvalue weighted by Gasteiger charge is 2.29. The Bertz CT molecular complexity index is 541. The van der Waals surface area contributed by atoms with Gasteiger partial charge < -0.3 is 5.11 Å². The van der Waals surface area contributed by atoms with Crippen molar-refractivity contribution in [3.05, 3.63) is 48.0 Å². The van der Waals surface area contributed by atoms with Crippen LogP contribution >= 0.6 is 0 Å². The summed E-state index contributed by atoms with van der Waals surface area (Å²) in [5.41, 5.74) is 1.10. The van der Waals surface area contributed by atoms with Crippen LogP contribution < -0.4 is 0 Å². The first-order valence-corrected chi connectivity index (χ1v) is 6.91. The lowest BCUT2D eigenvalue weighted by atomic mass is 9.90. The van der Waals surface area contributed by atoms with E-state index in [9.17, 15) is 5.11 Å². The Morgan fingerprint density at radius 1 is 1.06 bits per heavy atom. The molecule has 1 heteroatoms. The first kappa shape index (κ1) is 11.7. The summed E-state index contributed by atoms with van der Waals surface area (Å²) in [5, 5.41) is 13.1. The third-order valence-electron chi connectivity index (χ3n) is 4.32. The minimum absolute atomic E-state index is 0.305. The lowest BCUT2D eigenvalue weighted by Crippen LogP contribution is -2.09. The SMILES string of the molecule is CC1CCC(C(O)c2cccc3ccccc23)C1. The first-order valence-electron chi connectivity index (χ1n) is 6.91. The molecular weight excluding hydrogens is 220 g/mol. The zero-order valence-corrected chi connectivity index (χ0v) is 10.8. The van der Waals surface area contributed by atoms with Crippen molar-refractivity contribution in [2.24, 2.45) is 11.8 Å². The zero-order valence-electron chi connectivity index (χ0n) is 10.8. The summed E-state index contributed by atoms with van der Waals surface area (Å²) in [7, 11) is 0. The summed E-state index contributed by atoms with van der Waals surface area (Å²) in [6.45, 7) is 2.29. The molecule has 0 heterocycles. The molecule has 94 valence electrons. The normalized spacial score (nSPS) is 25.4. The minimum atomic E-state index is -0.305. The molecule has 1 aliphatic rings. The van der Waals surface area contributed by atoms with Crippen LogP contribution in [0.1, 0.15) is 37.9 Å². The van der Waals surface area contributed by atoms with Gasteiger partial charge in [0.25, 0.3) is 0 Å². The Hall–Kier alpha value is -1.34. The highest BCUT2D eigenvalue weighted by atomic mass is 16.3. The maximum absolute atomic E-state index is 10.6. The molecule has 3 rings (SSSR count). The first-order chi connectivity index (χ1) is 8.75. The van der Waals surface area contributed by atoms with Gasteiger partial charge in [-0.1, -0.05) is 55.8 Å². The minimum Gasteiger partial charge on any atom is -0.388 e. The second-order valence-electron chi connectivity index (χ2n) is 5.69. The van der Waals surface area contributed by atoms with Gasteiger partial charge in [0.15, 0.2) is 0 Å². The summed E-state index contributed by atoms with van der Waals surface area (Å²) in [4.78, 5) is 0. The number of aliphatic hydroxyl groups excluding tert-OH is 1. The second-order valence-corrected chi connectivity index (χ2v) is 5.69. The third-order valence-corrected chi connectivity index (χ3v) is 4.32. The molecule has 0 aliphatic heterocycles. The molecule has 0 bridgehead atoms. The maximum atomic E-state index is 10.6. The van der Waals surface area contributed by atoms with Gasteiger partial charge in [0.05, 0.1) is 6.10 Å². The molecule has 18 heavy (non-hydrogen) atoms. The van der Waals surface area contributed by atoms with Crippen LogP contribution in [0.15, 0.2) is 42.5 Å². The fourth-order valence-electron chi connectivity index (χ4n) is 3.30. The van der Waals surface area contributed by atoms with Crippen molar-refractivity contribution in [3.63, 3.8) is 0 Å². The van der Waals surface area contributed by atoms with Gasteiger partial charge in [-0.15, -0.1) is 0 Å². The van der Waals surface area contributed by atoms with Gasteiger partial charge in [0.2, 0.25) is 0 Å². The fourth-order valence-corrected chi connectivity index (χ4v) is 3.30. The van der Waals surface area contributed by atoms with E-state index in [1.807, 2.05) is 0 Å². The number of rotatable bonds is 2. The molecule has 0 spiro atoms. The summed E-state index contributed by atoms with van der Waals surface area (Å²) >= 11 is 0. The number of aliphatic hydroxyl groups is 1. The quantitative estimate of drug-likeness (QED) is 0.829. The summed E-state index contributed by atoms with van der Waals surface area (Å²) in [6, 6.07) is 14.6. The van der Waals surface area contributed by atoms with Gasteiger partial charge in [0, 0.05) is 0 Å². The van der Waals surface area contributed by atoms with E-state index in [1.54, 1.807) is 0 Å². The van der Waals surface area contributed by atoms with Crippen LogP contribution in [0, 0.1) is 11.8 Å². The molecule has 1 saturated carbocycles. The van der Waals surface area contributed by atoms with Crippen LogP contribution in [0.25, 0.3) is 10.8 Å². The third kappa shape index (κ3) is 2.04. The van der Waals surface area contributed by atoms with Crippen LogP contribution in [-0.4, -0.2) is 5.11 Å². The van der Waals surface area contributed by atoms with Crippen molar-refractivity contribution in [1.82, 2.24) is 0 Å². The van der Waals surface area contributed by atoms with Crippen LogP contribution in [0.5, 0.6) is 0 Å². The highest BCUT2D eigenvalue weighted by molar-refractivity contribution is 5.85. The average Bonchev–Trinajstić information content (AvgIpc) is 2.84. The Labute approximate surface area is 108 Å². The van der Waals surface area contributed by atoms with E-state index in [4.69, 9.17) is 0 Å². The van der Waals surface area contributed by atoms with Crippen molar-refractivity contribution < 1.29 is 5.11 Å². The zero-order chi connectivity index (χ0) is 12.5. The Balaban J connectivity index is 1.98. The van der Waals surface area contributed by atoms with E-state index < -0.39 is 0 Å². The van der Waals surface area contributed by atoms with Gasteiger partial charge in [0.1, 0.15) is 0 Å². The number of fused-ring (bicyclic) bond motifs is 1. The average molecular weight is 240 g/mol. The van der Waals surface area contributed by atoms with E-state index in [0.29, 0.717) is 5.92 Å². The predicted octanol–water partition coefficient (Wildman–Crippen LogP) is 4.31. The molecule has 2 aromatic carbocycles. The molecule has 0 aromatic heterocycles. The van der Waals surface area contributed by atoms with Gasteiger partial charge in [-0.3, -0.25) is 0 Å². The molecule has 2 aromatic rings. The smallest absolute Gasteiger partial charge is 0.0824 e. The molecule has 1 N–H and O–H groups in total. The van der Waals surface area contributed by atoms with Crippen LogP contribution in [0.2, 0.25) is 0 Å². The van der Waals surface area contributed by atoms with E-state index in [1.165, 1.54) is 17.2 Å². The van der Waals surface area contributed by atoms with Gasteiger partial charge in [-0.05, 0) is 41.0 Å². The fraction of sp³-hybridized carbons (Fsp3) is 0.412. The second kappa shape index (κ2) is 4.74. The highest BCUT2D eigenvalue weighted by Crippen LogP contribution is 2.40. The van der Waals surface area contributed by atoms with Crippen molar-refractivity contribution in [1.29, 1.82) is 0 Å². The van der Waals surface area contributed by atoms with Crippen LogP contribution in [0.4, 0.5) is 0 Å². The molecule has 0 saturated heterocycles. The molecule has 3 atom stereocenters. The van der Waals surface area contributed by atoms with Gasteiger partial charge >= 0.3 is 0 Å². The van der Waals surface area contributed by atoms with Gasteiger partial charge in [-0.2, -0.15) is 0 Å². The molecule has 0 amide bonds. The standard InChI is InChI=1S/C17H20O/c1-12-9-10-14(11-12)17(18)16-8-4-6-13-5-2-3-7-15(13)16/h2-8,12,14,17-18H,9-11H2,1H3. The van der Waals surface area contributed by atoms with E-state index in [2.05, 4.69) is 49.4 Å². The molecule has 1 nitrogen and oxygen atoms in total. The molecule has 1 aliphatic carbocycles. The lowest BCUT2D eigenvalue weighted by molar-refractivity contribution is 0.111. The number of hydrogen-bond donors (Lipinski definition) is 1. The summed E-state index contributed by atoms with van der Waals surface area (Å²) < 4.78 is 0. The van der Waals surface area contributed by atoms with Crippen molar-refractivity contribution >= 4 is 10.8 Å². The Kier molecular flexibility index (Phi) is 3.09. The summed E-state index contributed by atoms with van der Waals surface area (Å²) in [6.07, 6.45) is 3.27. The molecule has 0 radical (unpaired) electrons. The van der Waals surface area contributed by atoms with E-state index in [0.717, 1.165) is 24.3 Å². The lowest BCUT2D eigenvalue weighted by Gasteiger charge is -2.20. The predicted molar refractivity (Wildman–Crippen MR) is 75.4 cm³/mol. The topological polar surface area (TPSA) is 20.2 Å². The van der Waals surface area contributed by atoms with Crippen molar-refractivity contribution in [2.75, 3.05) is 0 Å².